The smallest absolute Gasteiger partial charge is 0.343 e. The highest BCUT2D eigenvalue weighted by Gasteiger charge is 2.34. The second-order valence-electron chi connectivity index (χ2n) is 3.51. The second-order valence-corrected chi connectivity index (χ2v) is 3.51. The third-order valence-electron chi connectivity index (χ3n) is 2.73. The molecule has 0 aromatic carbocycles. The molecule has 0 spiro atoms. The quantitative estimate of drug-likeness (QED) is 0.698. The Kier molecular flexibility index (Phi) is 2.11. The van der Waals surface area contributed by atoms with E-state index in [2.05, 4.69) is 10.2 Å². The molecule has 14 heavy (non-hydrogen) atoms. The van der Waals surface area contributed by atoms with E-state index >= 15 is 0 Å². The van der Waals surface area contributed by atoms with Crippen LogP contribution in [0.1, 0.15) is 25.3 Å². The van der Waals surface area contributed by atoms with Crippen LogP contribution >= 0.6 is 0 Å². The molecular weight excluding hydrogens is 186 g/mol. The molecule has 1 aliphatic carbocycles. The van der Waals surface area contributed by atoms with Gasteiger partial charge < -0.3 is 5.11 Å². The van der Waals surface area contributed by atoms with Gasteiger partial charge in [0.05, 0.1) is 12.0 Å². The van der Waals surface area contributed by atoms with E-state index in [1.807, 2.05) is 0 Å². The summed E-state index contributed by atoms with van der Waals surface area (Å²) in [5, 5.41) is 14.8. The molecule has 1 fully saturated rings. The van der Waals surface area contributed by atoms with Gasteiger partial charge in [0.25, 0.3) is 0 Å². The van der Waals surface area contributed by atoms with Crippen molar-refractivity contribution in [2.24, 2.45) is 5.92 Å². The Morgan fingerprint density at radius 1 is 1.64 bits per heavy atom. The van der Waals surface area contributed by atoms with Crippen LogP contribution in [0.4, 0.5) is 0 Å². The number of nitrogens with one attached hydrogen (secondary N) is 1. The average Bonchev–Trinajstić information content (AvgIpc) is 2.70. The number of aromatic amines is 1. The van der Waals surface area contributed by atoms with E-state index < -0.39 is 11.9 Å². The summed E-state index contributed by atoms with van der Waals surface area (Å²) in [5.41, 5.74) is -0.330. The number of H-pyrrole nitrogens is 1. The van der Waals surface area contributed by atoms with Crippen molar-refractivity contribution in [2.75, 3.05) is 0 Å². The zero-order valence-electron chi connectivity index (χ0n) is 7.51. The van der Waals surface area contributed by atoms with E-state index in [1.54, 1.807) is 0 Å². The SMILES string of the molecule is O=C(O)C1CCCC1n1cn[nH]c1=O. The number of rotatable bonds is 2. The van der Waals surface area contributed by atoms with Crippen molar-refractivity contribution in [1.29, 1.82) is 0 Å². The van der Waals surface area contributed by atoms with Crippen LogP contribution in [0.25, 0.3) is 0 Å². The van der Waals surface area contributed by atoms with Gasteiger partial charge in [-0.3, -0.25) is 9.36 Å². The Balaban J connectivity index is 2.30. The topological polar surface area (TPSA) is 88.0 Å². The van der Waals surface area contributed by atoms with Crippen LogP contribution in [0.5, 0.6) is 0 Å². The highest BCUT2D eigenvalue weighted by molar-refractivity contribution is 5.71. The molecule has 0 saturated heterocycles. The molecule has 2 rings (SSSR count). The summed E-state index contributed by atoms with van der Waals surface area (Å²) in [5.74, 6) is -1.29. The van der Waals surface area contributed by atoms with Gasteiger partial charge in [-0.05, 0) is 12.8 Å². The first kappa shape index (κ1) is 8.98. The summed E-state index contributed by atoms with van der Waals surface area (Å²) in [6.45, 7) is 0. The van der Waals surface area contributed by atoms with Crippen molar-refractivity contribution in [1.82, 2.24) is 14.8 Å². The van der Waals surface area contributed by atoms with Gasteiger partial charge in [-0.25, -0.2) is 9.89 Å². The molecule has 0 radical (unpaired) electrons. The first-order valence-electron chi connectivity index (χ1n) is 4.54. The molecule has 2 unspecified atom stereocenters. The van der Waals surface area contributed by atoms with Crippen molar-refractivity contribution < 1.29 is 9.90 Å². The van der Waals surface area contributed by atoms with Crippen LogP contribution in [-0.4, -0.2) is 25.8 Å². The molecule has 1 aromatic rings. The predicted molar refractivity (Wildman–Crippen MR) is 46.9 cm³/mol. The fourth-order valence-corrected chi connectivity index (χ4v) is 2.05. The van der Waals surface area contributed by atoms with Crippen molar-refractivity contribution in [3.8, 4) is 0 Å². The van der Waals surface area contributed by atoms with Gasteiger partial charge in [-0.1, -0.05) is 6.42 Å². The zero-order chi connectivity index (χ0) is 10.1. The molecule has 0 bridgehead atoms. The van der Waals surface area contributed by atoms with Gasteiger partial charge in [-0.15, -0.1) is 0 Å². The summed E-state index contributed by atoms with van der Waals surface area (Å²) in [4.78, 5) is 22.1. The van der Waals surface area contributed by atoms with Crippen molar-refractivity contribution in [3.63, 3.8) is 0 Å². The van der Waals surface area contributed by atoms with E-state index in [4.69, 9.17) is 5.11 Å². The maximum atomic E-state index is 11.2. The molecule has 1 heterocycles. The molecule has 6 heteroatoms. The zero-order valence-corrected chi connectivity index (χ0v) is 7.51. The third-order valence-corrected chi connectivity index (χ3v) is 2.73. The lowest BCUT2D eigenvalue weighted by Crippen LogP contribution is -2.28. The normalized spacial score (nSPS) is 26.6. The minimum absolute atomic E-state index is 0.237. The minimum atomic E-state index is -0.833. The van der Waals surface area contributed by atoms with Gasteiger partial charge >= 0.3 is 11.7 Å². The molecule has 6 nitrogen and oxygen atoms in total. The second kappa shape index (κ2) is 3.28. The number of aliphatic carboxylic acids is 1. The molecule has 0 amide bonds. The number of carboxylic acid groups (broad SMARTS) is 1. The number of aromatic nitrogens is 3. The molecule has 1 saturated carbocycles. The number of carbonyl (C=O) groups is 1. The molecule has 0 aliphatic heterocycles. The summed E-state index contributed by atoms with van der Waals surface area (Å²) in [6, 6.07) is -0.237. The largest absolute Gasteiger partial charge is 0.481 e. The maximum absolute atomic E-state index is 11.2. The molecule has 76 valence electrons. The molecule has 2 atom stereocenters. The Morgan fingerprint density at radius 2 is 2.43 bits per heavy atom. The highest BCUT2D eigenvalue weighted by atomic mass is 16.4. The van der Waals surface area contributed by atoms with E-state index in [1.165, 1.54) is 10.9 Å². The monoisotopic (exact) mass is 197 g/mol. The van der Waals surface area contributed by atoms with Gasteiger partial charge in [0.1, 0.15) is 6.33 Å². The lowest BCUT2D eigenvalue weighted by molar-refractivity contribution is -0.142. The van der Waals surface area contributed by atoms with E-state index in [-0.39, 0.29) is 11.7 Å². The van der Waals surface area contributed by atoms with Gasteiger partial charge in [0, 0.05) is 0 Å². The Hall–Kier alpha value is -1.59. The first-order valence-corrected chi connectivity index (χ1v) is 4.54. The van der Waals surface area contributed by atoms with Gasteiger partial charge in [0.2, 0.25) is 0 Å². The Morgan fingerprint density at radius 3 is 3.00 bits per heavy atom. The van der Waals surface area contributed by atoms with E-state index in [0.717, 1.165) is 12.8 Å². The highest BCUT2D eigenvalue weighted by Crippen LogP contribution is 2.34. The summed E-state index contributed by atoms with van der Waals surface area (Å²) in [7, 11) is 0. The third kappa shape index (κ3) is 1.32. The molecular formula is C8H11N3O3. The predicted octanol–water partition coefficient (Wildman–Crippen LogP) is -0.00280. The van der Waals surface area contributed by atoms with E-state index in [9.17, 15) is 9.59 Å². The number of hydrogen-bond acceptors (Lipinski definition) is 3. The average molecular weight is 197 g/mol. The number of nitrogens with zero attached hydrogens (tertiary/aromatic N) is 2. The molecule has 1 aliphatic rings. The lowest BCUT2D eigenvalue weighted by atomic mass is 10.0. The Bertz CT molecular complexity index is 395. The van der Waals surface area contributed by atoms with Crippen molar-refractivity contribution in [2.45, 2.75) is 25.3 Å². The number of carboxylic acids is 1. The standard InChI is InChI=1S/C8H11N3O3/c12-7(13)5-2-1-3-6(5)11-4-9-10-8(11)14/h4-6H,1-3H2,(H,10,14)(H,12,13). The van der Waals surface area contributed by atoms with Crippen molar-refractivity contribution in [3.05, 3.63) is 16.8 Å². The maximum Gasteiger partial charge on any atom is 0.343 e. The van der Waals surface area contributed by atoms with Crippen LogP contribution in [0, 0.1) is 5.92 Å². The number of hydrogen-bond donors (Lipinski definition) is 2. The Labute approximate surface area is 79.6 Å². The molecule has 1 aromatic heterocycles. The minimum Gasteiger partial charge on any atom is -0.481 e. The van der Waals surface area contributed by atoms with Gasteiger partial charge in [-0.2, -0.15) is 5.10 Å². The molecule has 2 N–H and O–H groups in total. The van der Waals surface area contributed by atoms with Crippen molar-refractivity contribution >= 4 is 5.97 Å². The summed E-state index contributed by atoms with van der Waals surface area (Å²) >= 11 is 0. The summed E-state index contributed by atoms with van der Waals surface area (Å²) < 4.78 is 1.38. The van der Waals surface area contributed by atoms with Crippen LogP contribution < -0.4 is 5.69 Å². The lowest BCUT2D eigenvalue weighted by Gasteiger charge is -2.14. The summed E-state index contributed by atoms with van der Waals surface area (Å²) in [6.07, 6.45) is 3.58. The van der Waals surface area contributed by atoms with Crippen LogP contribution in [0.3, 0.4) is 0 Å². The van der Waals surface area contributed by atoms with Gasteiger partial charge in [0.15, 0.2) is 0 Å². The first-order chi connectivity index (χ1) is 6.70. The van der Waals surface area contributed by atoms with Crippen LogP contribution in [0.15, 0.2) is 11.1 Å². The van der Waals surface area contributed by atoms with Crippen LogP contribution in [0.2, 0.25) is 0 Å². The fraction of sp³-hybridized carbons (Fsp3) is 0.625. The van der Waals surface area contributed by atoms with Crippen LogP contribution in [-0.2, 0) is 4.79 Å². The fourth-order valence-electron chi connectivity index (χ4n) is 2.05. The van der Waals surface area contributed by atoms with E-state index in [0.29, 0.717) is 6.42 Å².